The lowest BCUT2D eigenvalue weighted by atomic mass is 9.78. The van der Waals surface area contributed by atoms with Gasteiger partial charge >= 0.3 is 5.97 Å². The van der Waals surface area contributed by atoms with Gasteiger partial charge in [0.05, 0.1) is 10.5 Å². The van der Waals surface area contributed by atoms with Crippen molar-refractivity contribution < 1.29 is 22.7 Å². The lowest BCUT2D eigenvalue weighted by Gasteiger charge is -2.34. The number of benzene rings is 1. The average molecular weight is 425 g/mol. The Labute approximate surface area is 173 Å². The maximum absolute atomic E-state index is 12.6. The van der Waals surface area contributed by atoms with E-state index in [0.717, 1.165) is 19.3 Å². The molecule has 1 saturated carbocycles. The summed E-state index contributed by atoms with van der Waals surface area (Å²) >= 11 is 0. The van der Waals surface area contributed by atoms with Gasteiger partial charge in [-0.25, -0.2) is 13.2 Å². The fourth-order valence-electron chi connectivity index (χ4n) is 3.48. The van der Waals surface area contributed by atoms with Crippen LogP contribution in [0.5, 0.6) is 0 Å². The summed E-state index contributed by atoms with van der Waals surface area (Å²) in [4.78, 5) is 24.5. The maximum Gasteiger partial charge on any atom is 0.338 e. The Hall–Kier alpha value is -1.93. The number of hydrogen-bond donors (Lipinski definition) is 1. The van der Waals surface area contributed by atoms with E-state index in [9.17, 15) is 18.0 Å². The molecule has 29 heavy (non-hydrogen) atoms. The lowest BCUT2D eigenvalue weighted by molar-refractivity contribution is -0.125. The topological polar surface area (TPSA) is 92.8 Å². The Morgan fingerprint density at radius 2 is 1.93 bits per heavy atom. The van der Waals surface area contributed by atoms with Gasteiger partial charge in [-0.15, -0.1) is 0 Å². The van der Waals surface area contributed by atoms with Crippen LogP contribution >= 0.6 is 0 Å². The summed E-state index contributed by atoms with van der Waals surface area (Å²) in [5.74, 6) is -0.143. The highest BCUT2D eigenvalue weighted by molar-refractivity contribution is 7.89. The molecule has 0 bridgehead atoms. The van der Waals surface area contributed by atoms with E-state index in [4.69, 9.17) is 4.74 Å². The monoisotopic (exact) mass is 424 g/mol. The minimum absolute atomic E-state index is 0.0117. The number of nitrogens with zero attached hydrogens (tertiary/aromatic N) is 1. The minimum atomic E-state index is -3.71. The van der Waals surface area contributed by atoms with Gasteiger partial charge in [0, 0.05) is 19.1 Å². The number of amides is 1. The highest BCUT2D eigenvalue weighted by Crippen LogP contribution is 2.29. The first-order valence-electron chi connectivity index (χ1n) is 10.1. The van der Waals surface area contributed by atoms with Gasteiger partial charge in [-0.3, -0.25) is 4.79 Å². The van der Waals surface area contributed by atoms with E-state index in [1.807, 2.05) is 0 Å². The Bertz CT molecular complexity index is 837. The van der Waals surface area contributed by atoms with E-state index in [1.165, 1.54) is 35.6 Å². The number of nitrogens with one attached hydrogen (secondary N) is 1. The molecule has 1 aliphatic rings. The summed E-state index contributed by atoms with van der Waals surface area (Å²) in [6, 6.07) is 5.54. The molecule has 1 amide bonds. The van der Waals surface area contributed by atoms with Gasteiger partial charge in [-0.05, 0) is 50.3 Å². The molecule has 1 aromatic carbocycles. The molecule has 0 heterocycles. The average Bonchev–Trinajstić information content (AvgIpc) is 2.69. The van der Waals surface area contributed by atoms with Crippen molar-refractivity contribution in [2.45, 2.75) is 63.9 Å². The van der Waals surface area contributed by atoms with Crippen LogP contribution in [0.3, 0.4) is 0 Å². The minimum Gasteiger partial charge on any atom is -0.452 e. The molecule has 1 aromatic rings. The fraction of sp³-hybridized carbons (Fsp3) is 0.619. The van der Waals surface area contributed by atoms with Crippen molar-refractivity contribution >= 4 is 21.9 Å². The summed E-state index contributed by atoms with van der Waals surface area (Å²) in [5, 5.41) is 2.95. The number of hydrogen-bond acceptors (Lipinski definition) is 5. The van der Waals surface area contributed by atoms with Crippen LogP contribution < -0.4 is 5.32 Å². The van der Waals surface area contributed by atoms with Gasteiger partial charge in [0.1, 0.15) is 0 Å². The zero-order valence-electron chi connectivity index (χ0n) is 17.8. The third kappa shape index (κ3) is 5.79. The van der Waals surface area contributed by atoms with Crippen LogP contribution in [-0.2, 0) is 19.6 Å². The summed E-state index contributed by atoms with van der Waals surface area (Å²) in [5.41, 5.74) is 0.0932. The van der Waals surface area contributed by atoms with Crippen molar-refractivity contribution in [3.05, 3.63) is 29.8 Å². The van der Waals surface area contributed by atoms with E-state index < -0.39 is 16.0 Å². The van der Waals surface area contributed by atoms with Gasteiger partial charge in [-0.2, -0.15) is 4.31 Å². The summed E-state index contributed by atoms with van der Waals surface area (Å²) in [6.07, 6.45) is 3.16. The second kappa shape index (κ2) is 9.71. The molecule has 0 aromatic heterocycles. The molecule has 0 radical (unpaired) electrons. The quantitative estimate of drug-likeness (QED) is 0.680. The van der Waals surface area contributed by atoms with Crippen LogP contribution in [0.4, 0.5) is 0 Å². The van der Waals surface area contributed by atoms with Crippen molar-refractivity contribution in [3.8, 4) is 0 Å². The summed E-state index contributed by atoms with van der Waals surface area (Å²) in [7, 11) is -2.22. The third-order valence-electron chi connectivity index (χ3n) is 5.86. The zero-order chi connectivity index (χ0) is 21.8. The predicted octanol–water partition coefficient (Wildman–Crippen LogP) is 2.81. The molecular weight excluding hydrogens is 392 g/mol. The molecule has 1 fully saturated rings. The largest absolute Gasteiger partial charge is 0.452 e. The predicted molar refractivity (Wildman–Crippen MR) is 111 cm³/mol. The summed E-state index contributed by atoms with van der Waals surface area (Å²) < 4.78 is 31.5. The molecule has 162 valence electrons. The molecule has 1 N–H and O–H groups in total. The van der Waals surface area contributed by atoms with Gasteiger partial charge in [-0.1, -0.05) is 32.8 Å². The number of esters is 1. The molecule has 2 rings (SSSR count). The van der Waals surface area contributed by atoms with Gasteiger partial charge in [0.25, 0.3) is 5.91 Å². The Morgan fingerprint density at radius 1 is 1.24 bits per heavy atom. The first kappa shape index (κ1) is 23.3. The van der Waals surface area contributed by atoms with Crippen LogP contribution in [0.2, 0.25) is 0 Å². The van der Waals surface area contributed by atoms with Crippen LogP contribution in [-0.4, -0.2) is 50.3 Å². The molecular formula is C21H32N2O5S. The highest BCUT2D eigenvalue weighted by atomic mass is 32.2. The van der Waals surface area contributed by atoms with Gasteiger partial charge in [0.2, 0.25) is 10.0 Å². The van der Waals surface area contributed by atoms with Crippen LogP contribution in [0.1, 0.15) is 57.3 Å². The van der Waals surface area contributed by atoms with Gasteiger partial charge < -0.3 is 10.1 Å². The molecule has 0 aliphatic heterocycles. The standard InChI is InChI=1S/C21H32N2O5S/c1-14(2)23(5)29(26,27)18-10-7-9-17(12-18)21(25)28-13-20(24)22-19-11-6-8-15(3)16(19)4/h7,9-10,12,14-16,19H,6,8,11,13H2,1-5H3,(H,22,24)/t15-,16+,19-/m0/s1. The lowest BCUT2D eigenvalue weighted by Crippen LogP contribution is -2.45. The number of carbonyl (C=O) groups is 2. The Morgan fingerprint density at radius 3 is 2.59 bits per heavy atom. The maximum atomic E-state index is 12.6. The Balaban J connectivity index is 1.98. The Kier molecular flexibility index (Phi) is 7.82. The zero-order valence-corrected chi connectivity index (χ0v) is 18.7. The molecule has 0 spiro atoms. The normalized spacial score (nSPS) is 22.5. The van der Waals surface area contributed by atoms with E-state index in [0.29, 0.717) is 11.8 Å². The second-order valence-corrected chi connectivity index (χ2v) is 10.2. The molecule has 7 nitrogen and oxygen atoms in total. The fourth-order valence-corrected chi connectivity index (χ4v) is 4.89. The van der Waals surface area contributed by atoms with Crippen molar-refractivity contribution in [3.63, 3.8) is 0 Å². The molecule has 0 saturated heterocycles. The van der Waals surface area contributed by atoms with Crippen LogP contribution in [0, 0.1) is 11.8 Å². The number of ether oxygens (including phenoxy) is 1. The SMILES string of the molecule is CC(C)N(C)S(=O)(=O)c1cccc(C(=O)OCC(=O)N[C@H]2CCC[C@H](C)[C@H]2C)c1. The van der Waals surface area contributed by atoms with Crippen molar-refractivity contribution in [2.75, 3.05) is 13.7 Å². The van der Waals surface area contributed by atoms with Crippen molar-refractivity contribution in [1.82, 2.24) is 9.62 Å². The van der Waals surface area contributed by atoms with E-state index in [-0.39, 0.29) is 35.1 Å². The third-order valence-corrected chi connectivity index (χ3v) is 7.89. The molecule has 1 aliphatic carbocycles. The number of sulfonamides is 1. The number of rotatable bonds is 7. The number of carbonyl (C=O) groups excluding carboxylic acids is 2. The second-order valence-electron chi connectivity index (χ2n) is 8.16. The van der Waals surface area contributed by atoms with E-state index in [2.05, 4.69) is 19.2 Å². The van der Waals surface area contributed by atoms with E-state index in [1.54, 1.807) is 13.8 Å². The van der Waals surface area contributed by atoms with Crippen LogP contribution in [0.25, 0.3) is 0 Å². The van der Waals surface area contributed by atoms with Gasteiger partial charge in [0.15, 0.2) is 6.61 Å². The molecule has 3 atom stereocenters. The molecule has 8 heteroatoms. The first-order chi connectivity index (χ1) is 13.5. The van der Waals surface area contributed by atoms with Crippen molar-refractivity contribution in [1.29, 1.82) is 0 Å². The van der Waals surface area contributed by atoms with E-state index >= 15 is 0 Å². The molecule has 0 unspecified atom stereocenters. The van der Waals surface area contributed by atoms with Crippen molar-refractivity contribution in [2.24, 2.45) is 11.8 Å². The van der Waals surface area contributed by atoms with Crippen LogP contribution in [0.15, 0.2) is 29.2 Å². The first-order valence-corrected chi connectivity index (χ1v) is 11.5. The highest BCUT2D eigenvalue weighted by Gasteiger charge is 2.28. The smallest absolute Gasteiger partial charge is 0.338 e. The summed E-state index contributed by atoms with van der Waals surface area (Å²) in [6.45, 7) is 7.45.